The van der Waals surface area contributed by atoms with E-state index in [1.165, 1.54) is 21.5 Å². The molecule has 0 saturated heterocycles. The molecule has 0 saturated carbocycles. The topological polar surface area (TPSA) is 26.3 Å². The van der Waals surface area contributed by atoms with Crippen LogP contribution in [0.5, 0.6) is 0 Å². The van der Waals surface area contributed by atoms with Gasteiger partial charge in [-0.3, -0.25) is 0 Å². The predicted octanol–water partition coefficient (Wildman–Crippen LogP) is 8.94. The summed E-state index contributed by atoms with van der Waals surface area (Å²) in [6.45, 7) is 0. The number of furan rings is 2. The molecule has 2 aromatic heterocycles. The van der Waals surface area contributed by atoms with Crippen molar-refractivity contribution in [3.8, 4) is 0 Å². The molecule has 0 aliphatic carbocycles. The first-order valence-corrected chi connectivity index (χ1v) is 10.9. The van der Waals surface area contributed by atoms with Crippen LogP contribution in [0.1, 0.15) is 0 Å². The first kappa shape index (κ1) is 16.4. The van der Waals surface area contributed by atoms with Gasteiger partial charge in [-0.1, -0.05) is 84.9 Å². The summed E-state index contributed by atoms with van der Waals surface area (Å²) < 4.78 is 13.1. The zero-order valence-corrected chi connectivity index (χ0v) is 17.1. The molecule has 0 amide bonds. The molecule has 32 heavy (non-hydrogen) atoms. The Kier molecular flexibility index (Phi) is 2.91. The van der Waals surface area contributed by atoms with E-state index in [9.17, 15) is 0 Å². The Morgan fingerprint density at radius 2 is 0.750 bits per heavy atom. The highest BCUT2D eigenvalue weighted by atomic mass is 16.3. The van der Waals surface area contributed by atoms with Crippen molar-refractivity contribution < 1.29 is 8.83 Å². The molecule has 0 aliphatic heterocycles. The minimum atomic E-state index is 0.908. The third-order valence-electron chi connectivity index (χ3n) is 6.83. The summed E-state index contributed by atoms with van der Waals surface area (Å²) in [4.78, 5) is 0. The average molecular weight is 408 g/mol. The normalized spacial score (nSPS) is 12.4. The molecule has 148 valence electrons. The summed E-state index contributed by atoms with van der Waals surface area (Å²) in [6.07, 6.45) is 0. The van der Waals surface area contributed by atoms with E-state index in [2.05, 4.69) is 97.1 Å². The molecule has 0 atom stereocenters. The first-order chi connectivity index (χ1) is 15.9. The van der Waals surface area contributed by atoms with Crippen molar-refractivity contribution in [1.29, 1.82) is 0 Å². The molecule has 6 aromatic carbocycles. The molecule has 2 heteroatoms. The van der Waals surface area contributed by atoms with E-state index in [1.54, 1.807) is 0 Å². The van der Waals surface area contributed by atoms with Crippen LogP contribution < -0.4 is 0 Å². The number of fused-ring (bicyclic) bond motifs is 14. The van der Waals surface area contributed by atoms with Crippen molar-refractivity contribution in [3.05, 3.63) is 97.1 Å². The third kappa shape index (κ3) is 1.91. The van der Waals surface area contributed by atoms with Gasteiger partial charge >= 0.3 is 0 Å². The number of hydrogen-bond donors (Lipinski definition) is 0. The lowest BCUT2D eigenvalue weighted by atomic mass is 9.95. The molecule has 8 aromatic rings. The summed E-state index contributed by atoms with van der Waals surface area (Å²) in [7, 11) is 0. The Balaban J connectivity index is 1.82. The maximum atomic E-state index is 6.57. The van der Waals surface area contributed by atoms with Crippen LogP contribution in [-0.2, 0) is 0 Å². The highest BCUT2D eigenvalue weighted by molar-refractivity contribution is 6.39. The molecular weight excluding hydrogens is 392 g/mol. The van der Waals surface area contributed by atoms with Crippen LogP contribution in [0.15, 0.2) is 106 Å². The molecule has 2 nitrogen and oxygen atoms in total. The summed E-state index contributed by atoms with van der Waals surface area (Å²) in [5.74, 6) is 0. The molecule has 0 spiro atoms. The van der Waals surface area contributed by atoms with Crippen LogP contribution in [0.4, 0.5) is 0 Å². The zero-order chi connectivity index (χ0) is 20.8. The van der Waals surface area contributed by atoms with Crippen LogP contribution >= 0.6 is 0 Å². The Labute approximate surface area is 182 Å². The van der Waals surface area contributed by atoms with E-state index < -0.39 is 0 Å². The lowest BCUT2D eigenvalue weighted by Crippen LogP contribution is -1.79. The van der Waals surface area contributed by atoms with E-state index in [4.69, 9.17) is 8.83 Å². The summed E-state index contributed by atoms with van der Waals surface area (Å²) >= 11 is 0. The van der Waals surface area contributed by atoms with Gasteiger partial charge in [-0.25, -0.2) is 0 Å². The van der Waals surface area contributed by atoms with Gasteiger partial charge in [-0.2, -0.15) is 0 Å². The lowest BCUT2D eigenvalue weighted by molar-refractivity contribution is 0.668. The second kappa shape index (κ2) is 5.68. The largest absolute Gasteiger partial charge is 0.455 e. The van der Waals surface area contributed by atoms with Crippen LogP contribution in [0.2, 0.25) is 0 Å². The molecule has 0 bridgehead atoms. The zero-order valence-electron chi connectivity index (χ0n) is 17.1. The fraction of sp³-hybridized carbons (Fsp3) is 0. The van der Waals surface area contributed by atoms with Crippen molar-refractivity contribution in [2.24, 2.45) is 0 Å². The lowest BCUT2D eigenvalue weighted by Gasteiger charge is -2.04. The highest BCUT2D eigenvalue weighted by Crippen LogP contribution is 2.47. The molecule has 2 heterocycles. The summed E-state index contributed by atoms with van der Waals surface area (Å²) in [5.41, 5.74) is 3.67. The predicted molar refractivity (Wildman–Crippen MR) is 134 cm³/mol. The maximum absolute atomic E-state index is 6.57. The monoisotopic (exact) mass is 408 g/mol. The summed E-state index contributed by atoms with van der Waals surface area (Å²) in [5, 5.41) is 11.6. The Hall–Kier alpha value is -4.30. The van der Waals surface area contributed by atoms with Gasteiger partial charge in [0.05, 0.1) is 0 Å². The van der Waals surface area contributed by atoms with Gasteiger partial charge in [0.15, 0.2) is 0 Å². The van der Waals surface area contributed by atoms with Crippen molar-refractivity contribution in [2.75, 3.05) is 0 Å². The molecule has 0 N–H and O–H groups in total. The smallest absolute Gasteiger partial charge is 0.144 e. The Morgan fingerprint density at radius 1 is 0.344 bits per heavy atom. The third-order valence-corrected chi connectivity index (χ3v) is 6.83. The second-order valence-corrected chi connectivity index (χ2v) is 8.48. The van der Waals surface area contributed by atoms with Crippen LogP contribution in [0, 0.1) is 0 Å². The van der Waals surface area contributed by atoms with Crippen molar-refractivity contribution >= 4 is 76.2 Å². The average Bonchev–Trinajstić information content (AvgIpc) is 3.43. The summed E-state index contributed by atoms with van der Waals surface area (Å²) in [6, 6.07) is 33.9. The van der Waals surface area contributed by atoms with E-state index in [0.717, 1.165) is 54.6 Å². The van der Waals surface area contributed by atoms with Crippen LogP contribution in [0.25, 0.3) is 76.2 Å². The Bertz CT molecular complexity index is 1890. The SMILES string of the molecule is c1ccc2c(c1)ccc1oc3c4ccccc4c4oc5ccc6ccccc6c5c4c3c12. The quantitative estimate of drug-likeness (QED) is 0.250. The molecular formula is C30H16O2. The van der Waals surface area contributed by atoms with Gasteiger partial charge in [-0.15, -0.1) is 0 Å². The van der Waals surface area contributed by atoms with Crippen molar-refractivity contribution in [3.63, 3.8) is 0 Å². The van der Waals surface area contributed by atoms with E-state index >= 15 is 0 Å². The molecule has 0 radical (unpaired) electrons. The molecule has 8 rings (SSSR count). The fourth-order valence-electron chi connectivity index (χ4n) is 5.47. The first-order valence-electron chi connectivity index (χ1n) is 10.9. The van der Waals surface area contributed by atoms with Gasteiger partial charge in [0.25, 0.3) is 0 Å². The second-order valence-electron chi connectivity index (χ2n) is 8.48. The van der Waals surface area contributed by atoms with Crippen molar-refractivity contribution in [2.45, 2.75) is 0 Å². The van der Waals surface area contributed by atoms with Gasteiger partial charge < -0.3 is 8.83 Å². The van der Waals surface area contributed by atoms with Gasteiger partial charge in [-0.05, 0) is 33.7 Å². The number of rotatable bonds is 0. The minimum absolute atomic E-state index is 0.908. The van der Waals surface area contributed by atoms with Gasteiger partial charge in [0.2, 0.25) is 0 Å². The standard InChI is InChI=1S/C30H16O2/c1-3-9-19-17(7-1)13-15-23-25(19)27-28-26-20-10-4-2-8-18(20)14-16-24(26)32-30(28)22-12-6-5-11-21(22)29(27)31-23/h1-16H. The minimum Gasteiger partial charge on any atom is -0.455 e. The van der Waals surface area contributed by atoms with E-state index in [1.807, 2.05) is 0 Å². The molecule has 0 fully saturated rings. The molecule has 0 aliphatic rings. The Morgan fingerprint density at radius 3 is 1.22 bits per heavy atom. The fourth-order valence-corrected chi connectivity index (χ4v) is 5.47. The molecule has 0 unspecified atom stereocenters. The van der Waals surface area contributed by atoms with Crippen LogP contribution in [-0.4, -0.2) is 0 Å². The number of hydrogen-bond acceptors (Lipinski definition) is 2. The number of benzene rings is 6. The van der Waals surface area contributed by atoms with E-state index in [-0.39, 0.29) is 0 Å². The van der Waals surface area contributed by atoms with Crippen LogP contribution in [0.3, 0.4) is 0 Å². The van der Waals surface area contributed by atoms with E-state index in [0.29, 0.717) is 0 Å². The van der Waals surface area contributed by atoms with Gasteiger partial charge in [0, 0.05) is 32.3 Å². The van der Waals surface area contributed by atoms with Crippen molar-refractivity contribution in [1.82, 2.24) is 0 Å². The maximum Gasteiger partial charge on any atom is 0.144 e. The van der Waals surface area contributed by atoms with Gasteiger partial charge in [0.1, 0.15) is 22.3 Å². The highest BCUT2D eigenvalue weighted by Gasteiger charge is 2.22.